The standard InChI is InChI=1S/C17H18N4O2/c1-17(2,3)14-8-9-15(20-19-14)18-16(22)10-12-11-6-4-5-7-13(11)23-21-12/h4-9H,10H2,1-3H3,(H,18,20,22). The van der Waals surface area contributed by atoms with Gasteiger partial charge in [-0.2, -0.15) is 5.10 Å². The summed E-state index contributed by atoms with van der Waals surface area (Å²) in [5.74, 6) is 0.220. The number of nitrogens with one attached hydrogen (secondary N) is 1. The number of rotatable bonds is 3. The van der Waals surface area contributed by atoms with Crippen molar-refractivity contribution in [2.45, 2.75) is 32.6 Å². The third-order valence-corrected chi connectivity index (χ3v) is 3.48. The molecule has 2 aromatic heterocycles. The molecule has 0 aliphatic rings. The van der Waals surface area contributed by atoms with E-state index in [9.17, 15) is 4.79 Å². The summed E-state index contributed by atoms with van der Waals surface area (Å²) in [4.78, 5) is 12.1. The SMILES string of the molecule is CC(C)(C)c1ccc(NC(=O)Cc2noc3ccccc23)nn1. The molecule has 0 fully saturated rings. The third-order valence-electron chi connectivity index (χ3n) is 3.48. The van der Waals surface area contributed by atoms with Crippen LogP contribution >= 0.6 is 0 Å². The van der Waals surface area contributed by atoms with Gasteiger partial charge in [0.15, 0.2) is 11.4 Å². The van der Waals surface area contributed by atoms with Crippen molar-refractivity contribution >= 4 is 22.7 Å². The number of anilines is 1. The molecule has 0 spiro atoms. The van der Waals surface area contributed by atoms with Crippen LogP contribution in [0.2, 0.25) is 0 Å². The average Bonchev–Trinajstić information content (AvgIpc) is 2.90. The van der Waals surface area contributed by atoms with Gasteiger partial charge in [-0.1, -0.05) is 38.1 Å². The molecule has 0 atom stereocenters. The number of amides is 1. The Balaban J connectivity index is 1.70. The summed E-state index contributed by atoms with van der Waals surface area (Å²) in [6.45, 7) is 6.18. The van der Waals surface area contributed by atoms with Crippen molar-refractivity contribution in [1.82, 2.24) is 15.4 Å². The van der Waals surface area contributed by atoms with Crippen LogP contribution in [0, 0.1) is 0 Å². The molecule has 0 radical (unpaired) electrons. The van der Waals surface area contributed by atoms with Gasteiger partial charge < -0.3 is 9.84 Å². The molecule has 118 valence electrons. The molecule has 1 aromatic carbocycles. The van der Waals surface area contributed by atoms with E-state index in [1.54, 1.807) is 6.07 Å². The van der Waals surface area contributed by atoms with Gasteiger partial charge in [0.2, 0.25) is 5.91 Å². The molecule has 0 bridgehead atoms. The molecule has 2 heterocycles. The number of fused-ring (bicyclic) bond motifs is 1. The van der Waals surface area contributed by atoms with E-state index in [1.165, 1.54) is 0 Å². The van der Waals surface area contributed by atoms with E-state index < -0.39 is 0 Å². The lowest BCUT2D eigenvalue weighted by Crippen LogP contribution is -2.18. The van der Waals surface area contributed by atoms with E-state index in [-0.39, 0.29) is 17.7 Å². The summed E-state index contributed by atoms with van der Waals surface area (Å²) in [5.41, 5.74) is 2.08. The Kier molecular flexibility index (Phi) is 3.82. The van der Waals surface area contributed by atoms with Gasteiger partial charge in [0, 0.05) is 10.8 Å². The molecule has 1 amide bonds. The number of para-hydroxylation sites is 1. The van der Waals surface area contributed by atoms with Gasteiger partial charge in [0.25, 0.3) is 0 Å². The molecule has 0 unspecified atom stereocenters. The first kappa shape index (κ1) is 15.1. The van der Waals surface area contributed by atoms with Gasteiger partial charge in [-0.25, -0.2) is 0 Å². The summed E-state index contributed by atoms with van der Waals surface area (Å²) in [7, 11) is 0. The molecule has 6 nitrogen and oxygen atoms in total. The van der Waals surface area contributed by atoms with Crippen LogP contribution in [-0.4, -0.2) is 21.3 Å². The maximum atomic E-state index is 12.1. The summed E-state index contributed by atoms with van der Waals surface area (Å²) in [5, 5.41) is 15.7. The summed E-state index contributed by atoms with van der Waals surface area (Å²) in [6, 6.07) is 11.1. The van der Waals surface area contributed by atoms with E-state index in [2.05, 4.69) is 41.4 Å². The van der Waals surface area contributed by atoms with Crippen molar-refractivity contribution in [2.75, 3.05) is 5.32 Å². The molecular weight excluding hydrogens is 292 g/mol. The fraction of sp³-hybridized carbons (Fsp3) is 0.294. The number of nitrogens with zero attached hydrogens (tertiary/aromatic N) is 3. The van der Waals surface area contributed by atoms with Crippen LogP contribution in [0.3, 0.4) is 0 Å². The van der Waals surface area contributed by atoms with Crippen molar-refractivity contribution in [1.29, 1.82) is 0 Å². The Hall–Kier alpha value is -2.76. The first-order valence-electron chi connectivity index (χ1n) is 7.41. The lowest BCUT2D eigenvalue weighted by atomic mass is 9.92. The molecule has 0 saturated heterocycles. The maximum Gasteiger partial charge on any atom is 0.231 e. The van der Waals surface area contributed by atoms with Gasteiger partial charge in [0.05, 0.1) is 12.1 Å². The fourth-order valence-corrected chi connectivity index (χ4v) is 2.20. The number of hydrogen-bond donors (Lipinski definition) is 1. The van der Waals surface area contributed by atoms with Crippen molar-refractivity contribution in [3.63, 3.8) is 0 Å². The zero-order valence-electron chi connectivity index (χ0n) is 13.3. The predicted octanol–water partition coefficient (Wildman–Crippen LogP) is 3.10. The third kappa shape index (κ3) is 3.36. The molecular formula is C17H18N4O2. The second-order valence-corrected chi connectivity index (χ2v) is 6.40. The maximum absolute atomic E-state index is 12.1. The highest BCUT2D eigenvalue weighted by Gasteiger charge is 2.16. The van der Waals surface area contributed by atoms with E-state index in [0.717, 1.165) is 11.1 Å². The highest BCUT2D eigenvalue weighted by atomic mass is 16.5. The highest BCUT2D eigenvalue weighted by Crippen LogP contribution is 2.20. The monoisotopic (exact) mass is 310 g/mol. The first-order chi connectivity index (χ1) is 10.9. The number of benzene rings is 1. The topological polar surface area (TPSA) is 80.9 Å². The van der Waals surface area contributed by atoms with Crippen LogP contribution in [0.25, 0.3) is 11.0 Å². The molecule has 0 aliphatic heterocycles. The van der Waals surface area contributed by atoms with Crippen molar-refractivity contribution in [2.24, 2.45) is 0 Å². The summed E-state index contributed by atoms with van der Waals surface area (Å²) < 4.78 is 5.20. The number of aromatic nitrogens is 3. The van der Waals surface area contributed by atoms with Crippen LogP contribution in [-0.2, 0) is 16.6 Å². The molecule has 0 aliphatic carbocycles. The lowest BCUT2D eigenvalue weighted by molar-refractivity contribution is -0.115. The molecule has 3 aromatic rings. The molecule has 23 heavy (non-hydrogen) atoms. The number of carbonyl (C=O) groups excluding carboxylic acids is 1. The van der Waals surface area contributed by atoms with Crippen molar-refractivity contribution in [3.05, 3.63) is 47.8 Å². The van der Waals surface area contributed by atoms with E-state index in [1.807, 2.05) is 30.3 Å². The Bertz CT molecular complexity index is 832. The smallest absolute Gasteiger partial charge is 0.231 e. The largest absolute Gasteiger partial charge is 0.356 e. The normalized spacial score (nSPS) is 11.6. The van der Waals surface area contributed by atoms with Gasteiger partial charge in [-0.05, 0) is 24.3 Å². The van der Waals surface area contributed by atoms with Crippen LogP contribution in [0.5, 0.6) is 0 Å². The zero-order valence-corrected chi connectivity index (χ0v) is 13.3. The zero-order chi connectivity index (χ0) is 16.4. The number of carbonyl (C=O) groups is 1. The minimum absolute atomic E-state index is 0.0742. The van der Waals surface area contributed by atoms with Crippen LogP contribution in [0.15, 0.2) is 40.9 Å². The minimum Gasteiger partial charge on any atom is -0.356 e. The second-order valence-electron chi connectivity index (χ2n) is 6.40. The number of hydrogen-bond acceptors (Lipinski definition) is 5. The van der Waals surface area contributed by atoms with E-state index in [4.69, 9.17) is 4.52 Å². The van der Waals surface area contributed by atoms with Gasteiger partial charge in [-0.3, -0.25) is 4.79 Å². The quantitative estimate of drug-likeness (QED) is 0.804. The van der Waals surface area contributed by atoms with E-state index >= 15 is 0 Å². The minimum atomic E-state index is -0.207. The van der Waals surface area contributed by atoms with Gasteiger partial charge in [0.1, 0.15) is 5.69 Å². The molecule has 1 N–H and O–H groups in total. The van der Waals surface area contributed by atoms with Crippen LogP contribution in [0.4, 0.5) is 5.82 Å². The molecule has 0 saturated carbocycles. The van der Waals surface area contributed by atoms with Crippen molar-refractivity contribution < 1.29 is 9.32 Å². The summed E-state index contributed by atoms with van der Waals surface area (Å²) >= 11 is 0. The molecule has 6 heteroatoms. The first-order valence-corrected chi connectivity index (χ1v) is 7.41. The lowest BCUT2D eigenvalue weighted by Gasteiger charge is -2.16. The average molecular weight is 310 g/mol. The Labute approximate surface area is 133 Å². The predicted molar refractivity (Wildman–Crippen MR) is 87.1 cm³/mol. The fourth-order valence-electron chi connectivity index (χ4n) is 2.20. The summed E-state index contributed by atoms with van der Waals surface area (Å²) in [6.07, 6.45) is 0.125. The Morgan fingerprint density at radius 1 is 1.13 bits per heavy atom. The van der Waals surface area contributed by atoms with E-state index in [0.29, 0.717) is 17.1 Å². The highest BCUT2D eigenvalue weighted by molar-refractivity contribution is 5.93. The van der Waals surface area contributed by atoms with Crippen molar-refractivity contribution in [3.8, 4) is 0 Å². The van der Waals surface area contributed by atoms with Gasteiger partial charge in [-0.15, -0.1) is 5.10 Å². The Morgan fingerprint density at radius 2 is 1.91 bits per heavy atom. The Morgan fingerprint density at radius 3 is 2.61 bits per heavy atom. The van der Waals surface area contributed by atoms with Gasteiger partial charge >= 0.3 is 0 Å². The van der Waals surface area contributed by atoms with Crippen LogP contribution < -0.4 is 5.32 Å². The molecule has 3 rings (SSSR count). The second kappa shape index (κ2) is 5.79. The van der Waals surface area contributed by atoms with Crippen LogP contribution in [0.1, 0.15) is 32.2 Å².